The van der Waals surface area contributed by atoms with Crippen LogP contribution in [0.15, 0.2) is 22.7 Å². The molecule has 104 valence electrons. The second-order valence-electron chi connectivity index (χ2n) is 5.25. The Kier molecular flexibility index (Phi) is 4.85. The van der Waals surface area contributed by atoms with E-state index >= 15 is 0 Å². The van der Waals surface area contributed by atoms with E-state index < -0.39 is 0 Å². The first-order valence-electron chi connectivity index (χ1n) is 6.28. The summed E-state index contributed by atoms with van der Waals surface area (Å²) in [6.45, 7) is 6.05. The minimum Gasteiger partial charge on any atom is -0.338 e. The van der Waals surface area contributed by atoms with Gasteiger partial charge in [0.25, 0.3) is 5.91 Å². The number of amides is 1. The number of hydrogen-bond acceptors (Lipinski definition) is 2. The zero-order chi connectivity index (χ0) is 14.0. The molecule has 0 unspecified atom stereocenters. The van der Waals surface area contributed by atoms with E-state index in [1.54, 1.807) is 6.07 Å². The molecule has 1 heterocycles. The molecular formula is C14H17BrClNOS. The molecule has 5 heteroatoms. The molecule has 0 radical (unpaired) electrons. The summed E-state index contributed by atoms with van der Waals surface area (Å²) >= 11 is 11.5. The minimum absolute atomic E-state index is 0.0320. The maximum Gasteiger partial charge on any atom is 0.255 e. The first-order chi connectivity index (χ1) is 8.91. The third-order valence-corrected chi connectivity index (χ3v) is 5.98. The normalized spacial score (nSPS) is 19.1. The van der Waals surface area contributed by atoms with Crippen LogP contribution >= 0.6 is 39.3 Å². The number of rotatable bonds is 1. The van der Waals surface area contributed by atoms with Gasteiger partial charge in [0.05, 0.1) is 10.6 Å². The minimum atomic E-state index is 0.0320. The standard InChI is InChI=1S/C14H17BrClNOS/c1-14(2)6-7-17(8-9-19-14)13(18)10-4-3-5-11(15)12(10)16/h3-5H,6-9H2,1-2H3. The molecule has 0 N–H and O–H groups in total. The number of thioether (sulfide) groups is 1. The van der Waals surface area contributed by atoms with Crippen molar-refractivity contribution in [2.24, 2.45) is 0 Å². The molecule has 1 aliphatic rings. The van der Waals surface area contributed by atoms with Crippen molar-refractivity contribution in [2.75, 3.05) is 18.8 Å². The van der Waals surface area contributed by atoms with Crippen molar-refractivity contribution in [3.05, 3.63) is 33.3 Å². The molecule has 2 rings (SSSR count). The van der Waals surface area contributed by atoms with Crippen LogP contribution in [0.25, 0.3) is 0 Å². The van der Waals surface area contributed by atoms with Gasteiger partial charge in [0.15, 0.2) is 0 Å². The van der Waals surface area contributed by atoms with Crippen molar-refractivity contribution in [3.63, 3.8) is 0 Å². The highest BCUT2D eigenvalue weighted by molar-refractivity contribution is 9.10. The van der Waals surface area contributed by atoms with Gasteiger partial charge in [-0.05, 0) is 34.5 Å². The summed E-state index contributed by atoms with van der Waals surface area (Å²) in [6.07, 6.45) is 1.01. The number of hydrogen-bond donors (Lipinski definition) is 0. The Bertz CT molecular complexity index is 492. The Morgan fingerprint density at radius 2 is 2.16 bits per heavy atom. The highest BCUT2D eigenvalue weighted by atomic mass is 79.9. The molecule has 0 aliphatic carbocycles. The van der Waals surface area contributed by atoms with Crippen molar-refractivity contribution in [3.8, 4) is 0 Å². The summed E-state index contributed by atoms with van der Waals surface area (Å²) in [5.74, 6) is 1.01. The molecule has 1 fully saturated rings. The lowest BCUT2D eigenvalue weighted by molar-refractivity contribution is 0.0764. The van der Waals surface area contributed by atoms with Crippen molar-refractivity contribution in [2.45, 2.75) is 25.0 Å². The first-order valence-corrected chi connectivity index (χ1v) is 8.44. The summed E-state index contributed by atoms with van der Waals surface area (Å²) in [6, 6.07) is 5.48. The van der Waals surface area contributed by atoms with Gasteiger partial charge in [-0.1, -0.05) is 31.5 Å². The van der Waals surface area contributed by atoms with Gasteiger partial charge in [-0.25, -0.2) is 0 Å². The van der Waals surface area contributed by atoms with E-state index in [2.05, 4.69) is 29.8 Å². The predicted octanol–water partition coefficient (Wildman–Crippen LogP) is 4.46. The van der Waals surface area contributed by atoms with Crippen LogP contribution < -0.4 is 0 Å². The lowest BCUT2D eigenvalue weighted by Crippen LogP contribution is -2.33. The average Bonchev–Trinajstić information content (AvgIpc) is 2.53. The average molecular weight is 363 g/mol. The maximum absolute atomic E-state index is 12.5. The molecule has 19 heavy (non-hydrogen) atoms. The van der Waals surface area contributed by atoms with E-state index in [0.29, 0.717) is 10.6 Å². The largest absolute Gasteiger partial charge is 0.338 e. The summed E-state index contributed by atoms with van der Waals surface area (Å²) in [5.41, 5.74) is 0.584. The fourth-order valence-corrected chi connectivity index (χ4v) is 3.74. The van der Waals surface area contributed by atoms with Gasteiger partial charge in [-0.3, -0.25) is 4.79 Å². The van der Waals surface area contributed by atoms with E-state index in [0.717, 1.165) is 29.7 Å². The summed E-state index contributed by atoms with van der Waals surface area (Å²) in [7, 11) is 0. The molecular weight excluding hydrogens is 346 g/mol. The molecule has 1 aromatic carbocycles. The van der Waals surface area contributed by atoms with Crippen molar-refractivity contribution in [1.29, 1.82) is 0 Å². The van der Waals surface area contributed by atoms with Gasteiger partial charge in [-0.2, -0.15) is 11.8 Å². The molecule has 0 atom stereocenters. The Morgan fingerprint density at radius 3 is 2.89 bits per heavy atom. The summed E-state index contributed by atoms with van der Waals surface area (Å²) in [5, 5.41) is 0.503. The van der Waals surface area contributed by atoms with Crippen molar-refractivity contribution >= 4 is 45.2 Å². The molecule has 0 spiro atoms. The summed E-state index contributed by atoms with van der Waals surface area (Å²) in [4.78, 5) is 14.5. The summed E-state index contributed by atoms with van der Waals surface area (Å²) < 4.78 is 1.01. The fourth-order valence-electron chi connectivity index (χ4n) is 2.06. The van der Waals surface area contributed by atoms with Crippen LogP contribution in [0.3, 0.4) is 0 Å². The van der Waals surface area contributed by atoms with Gasteiger partial charge < -0.3 is 4.90 Å². The first kappa shape index (κ1) is 15.2. The monoisotopic (exact) mass is 361 g/mol. The topological polar surface area (TPSA) is 20.3 Å². The molecule has 1 aliphatic heterocycles. The van der Waals surface area contributed by atoms with Crippen LogP contribution in [0.1, 0.15) is 30.6 Å². The SMILES string of the molecule is CC1(C)CCN(C(=O)c2cccc(Br)c2Cl)CCS1. The van der Waals surface area contributed by atoms with Gasteiger partial charge in [0.2, 0.25) is 0 Å². The predicted molar refractivity (Wildman–Crippen MR) is 86.2 cm³/mol. The third-order valence-electron chi connectivity index (χ3n) is 3.31. The Hall–Kier alpha value is -0.190. The fraction of sp³-hybridized carbons (Fsp3) is 0.500. The highest BCUT2D eigenvalue weighted by Crippen LogP contribution is 2.32. The molecule has 1 aromatic rings. The van der Waals surface area contributed by atoms with Gasteiger partial charge in [0, 0.05) is 28.1 Å². The lowest BCUT2D eigenvalue weighted by Gasteiger charge is -2.23. The number of nitrogens with zero attached hydrogens (tertiary/aromatic N) is 1. The molecule has 0 bridgehead atoms. The quantitative estimate of drug-likeness (QED) is 0.735. The van der Waals surface area contributed by atoms with Crippen LogP contribution in [0.2, 0.25) is 5.02 Å². The van der Waals surface area contributed by atoms with Gasteiger partial charge >= 0.3 is 0 Å². The van der Waals surface area contributed by atoms with E-state index in [-0.39, 0.29) is 10.7 Å². The van der Waals surface area contributed by atoms with Crippen molar-refractivity contribution in [1.82, 2.24) is 4.90 Å². The van der Waals surface area contributed by atoms with E-state index in [4.69, 9.17) is 11.6 Å². The maximum atomic E-state index is 12.5. The second kappa shape index (κ2) is 6.06. The number of carbonyl (C=O) groups is 1. The third kappa shape index (κ3) is 3.67. The Morgan fingerprint density at radius 1 is 1.42 bits per heavy atom. The molecule has 1 amide bonds. The Balaban J connectivity index is 2.18. The zero-order valence-corrected chi connectivity index (χ0v) is 14.2. The lowest BCUT2D eigenvalue weighted by atomic mass is 10.1. The second-order valence-corrected chi connectivity index (χ2v) is 8.29. The molecule has 0 aromatic heterocycles. The van der Waals surface area contributed by atoms with Crippen LogP contribution in [-0.2, 0) is 0 Å². The molecule has 1 saturated heterocycles. The van der Waals surface area contributed by atoms with Crippen LogP contribution in [0.5, 0.6) is 0 Å². The number of benzene rings is 1. The molecule has 2 nitrogen and oxygen atoms in total. The molecule has 0 saturated carbocycles. The Labute approximate surface area is 132 Å². The van der Waals surface area contributed by atoms with Crippen LogP contribution in [-0.4, -0.2) is 34.4 Å². The van der Waals surface area contributed by atoms with Crippen molar-refractivity contribution < 1.29 is 4.79 Å². The smallest absolute Gasteiger partial charge is 0.255 e. The van der Waals surface area contributed by atoms with Gasteiger partial charge in [0.1, 0.15) is 0 Å². The van der Waals surface area contributed by atoms with E-state index in [9.17, 15) is 4.79 Å². The number of halogens is 2. The highest BCUT2D eigenvalue weighted by Gasteiger charge is 2.27. The van der Waals surface area contributed by atoms with E-state index in [1.165, 1.54) is 0 Å². The van der Waals surface area contributed by atoms with Gasteiger partial charge in [-0.15, -0.1) is 0 Å². The number of carbonyl (C=O) groups excluding carboxylic acids is 1. The van der Waals surface area contributed by atoms with E-state index in [1.807, 2.05) is 28.8 Å². The van der Waals surface area contributed by atoms with Crippen LogP contribution in [0, 0.1) is 0 Å². The van der Waals surface area contributed by atoms with Crippen LogP contribution in [0.4, 0.5) is 0 Å². The zero-order valence-electron chi connectivity index (χ0n) is 11.1.